The van der Waals surface area contributed by atoms with E-state index in [2.05, 4.69) is 15.9 Å². The van der Waals surface area contributed by atoms with Crippen LogP contribution in [0.1, 0.15) is 11.1 Å². The molecule has 0 bridgehead atoms. The van der Waals surface area contributed by atoms with Crippen LogP contribution in [0.25, 0.3) is 0 Å². The van der Waals surface area contributed by atoms with Crippen molar-refractivity contribution in [3.63, 3.8) is 0 Å². The van der Waals surface area contributed by atoms with Gasteiger partial charge in [0.2, 0.25) is 5.91 Å². The number of hydrogen-bond acceptors (Lipinski definition) is 3. The van der Waals surface area contributed by atoms with Crippen LogP contribution in [0.3, 0.4) is 0 Å². The molecule has 0 heterocycles. The Morgan fingerprint density at radius 1 is 1.62 bits per heavy atom. The lowest BCUT2D eigenvalue weighted by Crippen LogP contribution is -2.25. The average Bonchev–Trinajstić information content (AvgIpc) is 2.16. The topological polar surface area (TPSA) is 86.2 Å². The van der Waals surface area contributed by atoms with Crippen molar-refractivity contribution in [1.82, 2.24) is 0 Å². The maximum absolute atomic E-state index is 10.9. The minimum absolute atomic E-state index is 0.0105. The Morgan fingerprint density at radius 2 is 2.25 bits per heavy atom. The first kappa shape index (κ1) is 12.6. The summed E-state index contributed by atoms with van der Waals surface area (Å²) in [4.78, 5) is 20.6. The van der Waals surface area contributed by atoms with E-state index in [-0.39, 0.29) is 12.1 Å². The van der Waals surface area contributed by atoms with Gasteiger partial charge < -0.3 is 5.73 Å². The minimum atomic E-state index is -0.590. The molecule has 0 aliphatic rings. The SMILES string of the molecule is Cc1ccc([N+](=O)[O-])c(CC(Br)C(N)=O)c1. The maximum Gasteiger partial charge on any atom is 0.272 e. The van der Waals surface area contributed by atoms with Gasteiger partial charge in [0, 0.05) is 18.1 Å². The van der Waals surface area contributed by atoms with Crippen LogP contribution in [0.4, 0.5) is 5.69 Å². The Labute approximate surface area is 101 Å². The number of carbonyl (C=O) groups excluding carboxylic acids is 1. The molecule has 0 radical (unpaired) electrons. The van der Waals surface area contributed by atoms with Crippen LogP contribution in [0.2, 0.25) is 0 Å². The van der Waals surface area contributed by atoms with Gasteiger partial charge in [-0.1, -0.05) is 27.6 Å². The standard InChI is InChI=1S/C10H11BrN2O3/c1-6-2-3-9(13(15)16)7(4-6)5-8(11)10(12)14/h2-4,8H,5H2,1H3,(H2,12,14). The average molecular weight is 287 g/mol. The Bertz CT molecular complexity index is 434. The second-order valence-electron chi connectivity index (χ2n) is 3.46. The van der Waals surface area contributed by atoms with Gasteiger partial charge in [0.15, 0.2) is 0 Å². The number of nitro groups is 1. The van der Waals surface area contributed by atoms with Crippen LogP contribution in [0, 0.1) is 17.0 Å². The molecule has 1 aromatic carbocycles. The molecule has 1 unspecified atom stereocenters. The van der Waals surface area contributed by atoms with Crippen molar-refractivity contribution in [2.24, 2.45) is 5.73 Å². The molecule has 0 saturated heterocycles. The third-order valence-electron chi connectivity index (χ3n) is 2.14. The molecule has 6 heteroatoms. The molecule has 0 aromatic heterocycles. The number of benzene rings is 1. The molecule has 86 valence electrons. The number of hydrogen-bond donors (Lipinski definition) is 1. The lowest BCUT2D eigenvalue weighted by molar-refractivity contribution is -0.385. The molecule has 1 amide bonds. The van der Waals surface area contributed by atoms with Gasteiger partial charge in [0.25, 0.3) is 5.69 Å². The third kappa shape index (κ3) is 3.03. The van der Waals surface area contributed by atoms with Gasteiger partial charge in [-0.3, -0.25) is 14.9 Å². The summed E-state index contributed by atoms with van der Waals surface area (Å²) in [5.41, 5.74) is 6.52. The fourth-order valence-electron chi connectivity index (χ4n) is 1.35. The van der Waals surface area contributed by atoms with E-state index in [0.717, 1.165) is 5.56 Å². The van der Waals surface area contributed by atoms with Crippen LogP contribution < -0.4 is 5.73 Å². The molecule has 1 atom stereocenters. The Morgan fingerprint density at radius 3 is 2.75 bits per heavy atom. The number of nitrogens with two attached hydrogens (primary N) is 1. The van der Waals surface area contributed by atoms with E-state index in [4.69, 9.17) is 5.73 Å². The molecular weight excluding hydrogens is 276 g/mol. The maximum atomic E-state index is 10.9. The summed E-state index contributed by atoms with van der Waals surface area (Å²) >= 11 is 3.09. The van der Waals surface area contributed by atoms with Crippen LogP contribution in [-0.2, 0) is 11.2 Å². The van der Waals surface area contributed by atoms with E-state index in [1.807, 2.05) is 6.92 Å². The largest absolute Gasteiger partial charge is 0.369 e. The van der Waals surface area contributed by atoms with Crippen LogP contribution in [0.15, 0.2) is 18.2 Å². The van der Waals surface area contributed by atoms with E-state index < -0.39 is 15.7 Å². The highest BCUT2D eigenvalue weighted by molar-refractivity contribution is 9.10. The number of halogens is 1. The first-order chi connectivity index (χ1) is 7.41. The predicted octanol–water partition coefficient (Wildman–Crippen LogP) is 1.69. The molecular formula is C10H11BrN2O3. The lowest BCUT2D eigenvalue weighted by atomic mass is 10.0. The third-order valence-corrected chi connectivity index (χ3v) is 2.91. The number of alkyl halides is 1. The number of amides is 1. The number of aryl methyl sites for hydroxylation is 1. The van der Waals surface area contributed by atoms with E-state index in [1.165, 1.54) is 6.07 Å². The minimum Gasteiger partial charge on any atom is -0.369 e. The highest BCUT2D eigenvalue weighted by Crippen LogP contribution is 2.23. The molecule has 2 N–H and O–H groups in total. The molecule has 0 aliphatic heterocycles. The van der Waals surface area contributed by atoms with Crippen molar-refractivity contribution < 1.29 is 9.72 Å². The summed E-state index contributed by atoms with van der Waals surface area (Å²) < 4.78 is 0. The summed E-state index contributed by atoms with van der Waals surface area (Å²) in [5.74, 6) is -0.532. The van der Waals surface area contributed by atoms with Crippen molar-refractivity contribution in [3.8, 4) is 0 Å². The first-order valence-corrected chi connectivity index (χ1v) is 5.50. The predicted molar refractivity (Wildman–Crippen MR) is 63.4 cm³/mol. The number of primary amides is 1. The summed E-state index contributed by atoms with van der Waals surface area (Å²) in [6.07, 6.45) is 0.216. The fraction of sp³-hybridized carbons (Fsp3) is 0.300. The van der Waals surface area contributed by atoms with Gasteiger partial charge in [-0.25, -0.2) is 0 Å². The second-order valence-corrected chi connectivity index (χ2v) is 4.57. The van der Waals surface area contributed by atoms with Crippen LogP contribution >= 0.6 is 15.9 Å². The fourth-order valence-corrected chi connectivity index (χ4v) is 1.70. The summed E-state index contributed by atoms with van der Waals surface area (Å²) in [5, 5.41) is 10.8. The number of carbonyl (C=O) groups is 1. The van der Waals surface area contributed by atoms with Crippen molar-refractivity contribution in [2.45, 2.75) is 18.2 Å². The molecule has 0 aliphatic carbocycles. The van der Waals surface area contributed by atoms with Crippen molar-refractivity contribution in [1.29, 1.82) is 0 Å². The van der Waals surface area contributed by atoms with Gasteiger partial charge in [-0.2, -0.15) is 0 Å². The number of rotatable bonds is 4. The van der Waals surface area contributed by atoms with E-state index in [0.29, 0.717) is 5.56 Å². The van der Waals surface area contributed by atoms with Crippen LogP contribution in [0.5, 0.6) is 0 Å². The number of nitro benzene ring substituents is 1. The van der Waals surface area contributed by atoms with Gasteiger partial charge in [0.1, 0.15) is 0 Å². The quantitative estimate of drug-likeness (QED) is 0.519. The Kier molecular flexibility index (Phi) is 4.00. The molecule has 16 heavy (non-hydrogen) atoms. The zero-order valence-corrected chi connectivity index (χ0v) is 10.2. The van der Waals surface area contributed by atoms with Gasteiger partial charge in [-0.05, 0) is 13.0 Å². The molecule has 0 fully saturated rings. The molecule has 1 aromatic rings. The van der Waals surface area contributed by atoms with Gasteiger partial charge >= 0.3 is 0 Å². The number of nitrogens with zero attached hydrogens (tertiary/aromatic N) is 1. The zero-order valence-electron chi connectivity index (χ0n) is 8.64. The highest BCUT2D eigenvalue weighted by atomic mass is 79.9. The second kappa shape index (κ2) is 5.07. The molecule has 0 spiro atoms. The van der Waals surface area contributed by atoms with Crippen LogP contribution in [-0.4, -0.2) is 15.7 Å². The van der Waals surface area contributed by atoms with Gasteiger partial charge in [-0.15, -0.1) is 0 Å². The molecule has 5 nitrogen and oxygen atoms in total. The molecule has 1 rings (SSSR count). The Hall–Kier alpha value is -1.43. The Balaban J connectivity index is 3.05. The van der Waals surface area contributed by atoms with Crippen molar-refractivity contribution in [3.05, 3.63) is 39.4 Å². The first-order valence-electron chi connectivity index (χ1n) is 4.59. The lowest BCUT2D eigenvalue weighted by Gasteiger charge is -2.07. The smallest absolute Gasteiger partial charge is 0.272 e. The highest BCUT2D eigenvalue weighted by Gasteiger charge is 2.19. The monoisotopic (exact) mass is 286 g/mol. The summed E-state index contributed by atoms with van der Waals surface area (Å²) in [6.45, 7) is 1.83. The summed E-state index contributed by atoms with van der Waals surface area (Å²) in [7, 11) is 0. The zero-order chi connectivity index (χ0) is 12.3. The van der Waals surface area contributed by atoms with E-state index >= 15 is 0 Å². The summed E-state index contributed by atoms with van der Waals surface area (Å²) in [6, 6.07) is 4.79. The molecule has 0 saturated carbocycles. The van der Waals surface area contributed by atoms with Gasteiger partial charge in [0.05, 0.1) is 9.75 Å². The van der Waals surface area contributed by atoms with Crippen molar-refractivity contribution in [2.75, 3.05) is 0 Å². The van der Waals surface area contributed by atoms with Crippen molar-refractivity contribution >= 4 is 27.5 Å². The van der Waals surface area contributed by atoms with E-state index in [9.17, 15) is 14.9 Å². The van der Waals surface area contributed by atoms with E-state index in [1.54, 1.807) is 12.1 Å². The normalized spacial score (nSPS) is 12.1.